The van der Waals surface area contributed by atoms with Gasteiger partial charge in [0.05, 0.1) is 5.69 Å². The van der Waals surface area contributed by atoms with Crippen LogP contribution in [0.1, 0.15) is 21.6 Å². The van der Waals surface area contributed by atoms with Gasteiger partial charge in [0.25, 0.3) is 0 Å². The van der Waals surface area contributed by atoms with E-state index < -0.39 is 5.97 Å². The highest BCUT2D eigenvalue weighted by atomic mass is 16.4. The lowest BCUT2D eigenvalue weighted by Crippen LogP contribution is -2.00. The Balaban J connectivity index is 2.49. The second kappa shape index (κ2) is 4.37. The average molecular weight is 227 g/mol. The number of hydrogen-bond donors (Lipinski definition) is 1. The number of carbonyl (C=O) groups is 1. The zero-order valence-corrected chi connectivity index (χ0v) is 9.77. The average Bonchev–Trinajstić information content (AvgIpc) is 2.33. The maximum absolute atomic E-state index is 10.8. The maximum Gasteiger partial charge on any atom is 0.354 e. The van der Waals surface area contributed by atoms with Crippen molar-refractivity contribution in [2.75, 3.05) is 0 Å². The van der Waals surface area contributed by atoms with E-state index in [2.05, 4.69) is 4.98 Å². The first-order chi connectivity index (χ1) is 8.08. The summed E-state index contributed by atoms with van der Waals surface area (Å²) < 4.78 is 0. The summed E-state index contributed by atoms with van der Waals surface area (Å²) >= 11 is 0. The highest BCUT2D eigenvalue weighted by molar-refractivity contribution is 5.86. The summed E-state index contributed by atoms with van der Waals surface area (Å²) in [7, 11) is 0. The van der Waals surface area contributed by atoms with Gasteiger partial charge >= 0.3 is 5.97 Å². The minimum atomic E-state index is -1.00. The van der Waals surface area contributed by atoms with Crippen molar-refractivity contribution in [3.05, 3.63) is 53.2 Å². The fraction of sp³-hybridized carbons (Fsp3) is 0.143. The third kappa shape index (κ3) is 2.33. The molecule has 3 heteroatoms. The Bertz CT molecular complexity index is 576. The van der Waals surface area contributed by atoms with E-state index in [0.29, 0.717) is 5.69 Å². The Labute approximate surface area is 99.8 Å². The molecule has 3 nitrogen and oxygen atoms in total. The van der Waals surface area contributed by atoms with Gasteiger partial charge < -0.3 is 5.11 Å². The zero-order chi connectivity index (χ0) is 12.4. The lowest BCUT2D eigenvalue weighted by atomic mass is 10.0. The minimum Gasteiger partial charge on any atom is -0.477 e. The molecule has 0 amide bonds. The molecule has 0 radical (unpaired) electrons. The van der Waals surface area contributed by atoms with Crippen LogP contribution in [-0.2, 0) is 0 Å². The van der Waals surface area contributed by atoms with Crippen molar-refractivity contribution in [2.24, 2.45) is 0 Å². The number of hydrogen-bond acceptors (Lipinski definition) is 2. The van der Waals surface area contributed by atoms with Crippen molar-refractivity contribution in [3.63, 3.8) is 0 Å². The second-order valence-corrected chi connectivity index (χ2v) is 4.01. The van der Waals surface area contributed by atoms with Crippen molar-refractivity contribution in [1.29, 1.82) is 0 Å². The van der Waals surface area contributed by atoms with Crippen LogP contribution in [-0.4, -0.2) is 16.1 Å². The molecule has 1 aromatic heterocycles. The summed E-state index contributed by atoms with van der Waals surface area (Å²) in [6, 6.07) is 11.0. The van der Waals surface area contributed by atoms with Gasteiger partial charge in [-0.3, -0.25) is 0 Å². The number of nitrogens with zero attached hydrogens (tertiary/aromatic N) is 1. The van der Waals surface area contributed by atoms with Crippen LogP contribution in [0, 0.1) is 13.8 Å². The Kier molecular flexibility index (Phi) is 2.91. The zero-order valence-electron chi connectivity index (χ0n) is 9.77. The van der Waals surface area contributed by atoms with Crippen LogP contribution in [0.4, 0.5) is 0 Å². The number of aromatic carboxylic acids is 1. The van der Waals surface area contributed by atoms with E-state index in [9.17, 15) is 4.79 Å². The van der Waals surface area contributed by atoms with Crippen LogP contribution in [0.25, 0.3) is 11.3 Å². The normalized spacial score (nSPS) is 10.2. The predicted molar refractivity (Wildman–Crippen MR) is 66.1 cm³/mol. The van der Waals surface area contributed by atoms with E-state index in [0.717, 1.165) is 5.56 Å². The van der Waals surface area contributed by atoms with Crippen molar-refractivity contribution in [2.45, 2.75) is 13.8 Å². The molecular formula is C14H13NO2. The van der Waals surface area contributed by atoms with Gasteiger partial charge in [-0.15, -0.1) is 0 Å². The van der Waals surface area contributed by atoms with Crippen LogP contribution < -0.4 is 0 Å². The first-order valence-corrected chi connectivity index (χ1v) is 5.36. The summed E-state index contributed by atoms with van der Waals surface area (Å²) in [5.41, 5.74) is 4.08. The predicted octanol–water partition coefficient (Wildman–Crippen LogP) is 3.06. The molecular weight excluding hydrogens is 214 g/mol. The molecule has 2 aromatic rings. The van der Waals surface area contributed by atoms with Crippen LogP contribution in [0.15, 0.2) is 36.4 Å². The third-order valence-corrected chi connectivity index (χ3v) is 2.77. The van der Waals surface area contributed by atoms with Crippen LogP contribution in [0.3, 0.4) is 0 Å². The second-order valence-electron chi connectivity index (χ2n) is 4.01. The van der Waals surface area contributed by atoms with Gasteiger partial charge in [0.2, 0.25) is 0 Å². The highest BCUT2D eigenvalue weighted by Gasteiger charge is 2.07. The number of carboxylic acid groups (broad SMARTS) is 1. The standard InChI is InChI=1S/C14H13NO2/c1-9-6-7-11(8-10(9)2)12-4-3-5-13(15-12)14(16)17/h3-8H,1-2H3,(H,16,17). The van der Waals surface area contributed by atoms with Crippen molar-refractivity contribution < 1.29 is 9.90 Å². The Morgan fingerprint density at radius 3 is 2.53 bits per heavy atom. The van der Waals surface area contributed by atoms with E-state index >= 15 is 0 Å². The van der Waals surface area contributed by atoms with E-state index in [1.54, 1.807) is 6.07 Å². The molecule has 0 aliphatic rings. The Hall–Kier alpha value is -2.16. The van der Waals surface area contributed by atoms with E-state index in [1.165, 1.54) is 17.2 Å². The molecule has 0 unspecified atom stereocenters. The molecule has 17 heavy (non-hydrogen) atoms. The topological polar surface area (TPSA) is 50.2 Å². The molecule has 1 heterocycles. The summed E-state index contributed by atoms with van der Waals surface area (Å²) in [6.07, 6.45) is 0. The molecule has 0 fully saturated rings. The van der Waals surface area contributed by atoms with E-state index in [1.807, 2.05) is 38.1 Å². The molecule has 0 spiro atoms. The number of benzene rings is 1. The monoisotopic (exact) mass is 227 g/mol. The Morgan fingerprint density at radius 1 is 1.12 bits per heavy atom. The van der Waals surface area contributed by atoms with E-state index in [-0.39, 0.29) is 5.69 Å². The molecule has 0 aliphatic carbocycles. The summed E-state index contributed by atoms with van der Waals surface area (Å²) in [4.78, 5) is 15.0. The summed E-state index contributed by atoms with van der Waals surface area (Å²) in [6.45, 7) is 4.07. The van der Waals surface area contributed by atoms with Gasteiger partial charge in [0.1, 0.15) is 5.69 Å². The molecule has 0 atom stereocenters. The van der Waals surface area contributed by atoms with Gasteiger partial charge in [0, 0.05) is 5.56 Å². The molecule has 1 aromatic carbocycles. The molecule has 2 rings (SSSR count). The molecule has 1 N–H and O–H groups in total. The van der Waals surface area contributed by atoms with Crippen LogP contribution >= 0.6 is 0 Å². The molecule has 86 valence electrons. The van der Waals surface area contributed by atoms with Gasteiger partial charge in [-0.2, -0.15) is 0 Å². The quantitative estimate of drug-likeness (QED) is 0.857. The first-order valence-electron chi connectivity index (χ1n) is 5.36. The van der Waals surface area contributed by atoms with Gasteiger partial charge in [-0.05, 0) is 43.2 Å². The van der Waals surface area contributed by atoms with E-state index in [4.69, 9.17) is 5.11 Å². The van der Waals surface area contributed by atoms with Crippen molar-refractivity contribution in [1.82, 2.24) is 4.98 Å². The fourth-order valence-corrected chi connectivity index (χ4v) is 1.62. The van der Waals surface area contributed by atoms with Gasteiger partial charge in [-0.1, -0.05) is 18.2 Å². The van der Waals surface area contributed by atoms with Gasteiger partial charge in [-0.25, -0.2) is 9.78 Å². The SMILES string of the molecule is Cc1ccc(-c2cccc(C(=O)O)n2)cc1C. The first kappa shape index (κ1) is 11.3. The van der Waals surface area contributed by atoms with Crippen molar-refractivity contribution >= 4 is 5.97 Å². The number of aromatic nitrogens is 1. The maximum atomic E-state index is 10.8. The lowest BCUT2D eigenvalue weighted by Gasteiger charge is -2.05. The van der Waals surface area contributed by atoms with Crippen LogP contribution in [0.2, 0.25) is 0 Å². The van der Waals surface area contributed by atoms with Crippen LogP contribution in [0.5, 0.6) is 0 Å². The fourth-order valence-electron chi connectivity index (χ4n) is 1.62. The molecule has 0 saturated heterocycles. The Morgan fingerprint density at radius 2 is 1.88 bits per heavy atom. The smallest absolute Gasteiger partial charge is 0.354 e. The number of carboxylic acids is 1. The largest absolute Gasteiger partial charge is 0.477 e. The highest BCUT2D eigenvalue weighted by Crippen LogP contribution is 2.20. The summed E-state index contributed by atoms with van der Waals surface area (Å²) in [5.74, 6) is -1.00. The molecule has 0 saturated carbocycles. The third-order valence-electron chi connectivity index (χ3n) is 2.77. The van der Waals surface area contributed by atoms with Gasteiger partial charge in [0.15, 0.2) is 0 Å². The number of rotatable bonds is 2. The lowest BCUT2D eigenvalue weighted by molar-refractivity contribution is 0.0690. The number of aryl methyl sites for hydroxylation is 2. The minimum absolute atomic E-state index is 0.0701. The summed E-state index contributed by atoms with van der Waals surface area (Å²) in [5, 5.41) is 8.89. The molecule has 0 bridgehead atoms. The van der Waals surface area contributed by atoms with Crippen molar-refractivity contribution in [3.8, 4) is 11.3 Å². The molecule has 0 aliphatic heterocycles. The number of pyridine rings is 1.